The van der Waals surface area contributed by atoms with Gasteiger partial charge in [0.25, 0.3) is 10.1 Å². The molecule has 0 heterocycles. The van der Waals surface area contributed by atoms with Crippen LogP contribution in [0.15, 0.2) is 34.4 Å². The summed E-state index contributed by atoms with van der Waals surface area (Å²) in [5.41, 5.74) is 2.91. The van der Waals surface area contributed by atoms with Gasteiger partial charge in [-0.25, -0.2) is 0 Å². The summed E-state index contributed by atoms with van der Waals surface area (Å²) >= 11 is 0. The predicted molar refractivity (Wildman–Crippen MR) is 61.1 cm³/mol. The summed E-state index contributed by atoms with van der Waals surface area (Å²) in [5.74, 6) is 0. The van der Waals surface area contributed by atoms with Crippen molar-refractivity contribution in [1.29, 1.82) is 0 Å². The molecule has 1 aromatic carbocycles. The number of nitrogens with zero attached hydrogens (tertiary/aromatic N) is 2. The van der Waals surface area contributed by atoms with Crippen molar-refractivity contribution in [3.8, 4) is 0 Å². The van der Waals surface area contributed by atoms with Crippen LogP contribution in [0.4, 0.5) is 5.69 Å². The molecule has 0 atom stereocenters. The van der Waals surface area contributed by atoms with Crippen molar-refractivity contribution < 1.29 is 17.8 Å². The van der Waals surface area contributed by atoms with Crippen molar-refractivity contribution in [2.24, 2.45) is 5.22 Å². The molecule has 0 aliphatic rings. The Morgan fingerprint density at radius 3 is 2.29 bits per heavy atom. The van der Waals surface area contributed by atoms with Crippen LogP contribution in [-0.2, 0) is 10.1 Å². The lowest BCUT2D eigenvalue weighted by atomic mass is 10.3. The summed E-state index contributed by atoms with van der Waals surface area (Å²) in [6.07, 6.45) is 0. The molecule has 17 heavy (non-hydrogen) atoms. The van der Waals surface area contributed by atoms with E-state index in [4.69, 9.17) is 4.55 Å². The second kappa shape index (κ2) is 5.11. The topological polar surface area (TPSA) is 105 Å². The number of hydroxylamine groups is 1. The van der Waals surface area contributed by atoms with Gasteiger partial charge in [-0.05, 0) is 38.1 Å². The molecule has 0 aromatic heterocycles. The van der Waals surface area contributed by atoms with Crippen molar-refractivity contribution in [3.63, 3.8) is 0 Å². The lowest BCUT2D eigenvalue weighted by Crippen LogP contribution is -2.13. The second-order valence-corrected chi connectivity index (χ2v) is 5.03. The first-order chi connectivity index (χ1) is 7.80. The Hall–Kier alpha value is -1.67. The summed E-state index contributed by atoms with van der Waals surface area (Å²) in [4.78, 5) is 0.266. The number of hydrogen-bond acceptors (Lipinski definition) is 4. The first-order valence-electron chi connectivity index (χ1n) is 4.81. The zero-order valence-electron chi connectivity index (χ0n) is 9.36. The maximum absolute atomic E-state index is 11.1. The molecule has 0 aliphatic heterocycles. The van der Waals surface area contributed by atoms with Crippen molar-refractivity contribution in [2.75, 3.05) is 5.43 Å². The predicted octanol–water partition coefficient (Wildman–Crippen LogP) is 1.63. The summed E-state index contributed by atoms with van der Waals surface area (Å²) in [6.45, 7) is 3.36. The van der Waals surface area contributed by atoms with E-state index in [1.54, 1.807) is 13.8 Å². The van der Waals surface area contributed by atoms with Crippen LogP contribution in [0.5, 0.6) is 0 Å². The van der Waals surface area contributed by atoms with Gasteiger partial charge < -0.3 is 5.21 Å². The summed E-state index contributed by atoms with van der Waals surface area (Å²) in [6, 6.07) is 4.90. The molecule has 1 rings (SSSR count). The Balaban J connectivity index is 2.80. The molecule has 0 spiro atoms. The monoisotopic (exact) mass is 259 g/mol. The lowest BCUT2D eigenvalue weighted by Gasteiger charge is -2.08. The van der Waals surface area contributed by atoms with Gasteiger partial charge in [0.15, 0.2) is 0 Å². The smallest absolute Gasteiger partial charge is 0.294 e. The van der Waals surface area contributed by atoms with Crippen molar-refractivity contribution in [2.45, 2.75) is 24.8 Å². The van der Waals surface area contributed by atoms with E-state index >= 15 is 0 Å². The Labute approximate surface area is 99.1 Å². The van der Waals surface area contributed by atoms with Crippen molar-refractivity contribution >= 4 is 15.8 Å². The maximum atomic E-state index is 11.1. The van der Waals surface area contributed by atoms with E-state index in [0.717, 1.165) is 0 Å². The van der Waals surface area contributed by atoms with Crippen LogP contribution in [0.25, 0.3) is 0 Å². The van der Waals surface area contributed by atoms with Gasteiger partial charge >= 0.3 is 0 Å². The van der Waals surface area contributed by atoms with E-state index in [1.807, 2.05) is 0 Å². The average molecular weight is 259 g/mol. The molecule has 94 valence electrons. The molecule has 0 saturated carbocycles. The first kappa shape index (κ1) is 13.4. The number of anilines is 1. The third-order valence-electron chi connectivity index (χ3n) is 1.87. The van der Waals surface area contributed by atoms with E-state index in [9.17, 15) is 13.6 Å². The molecule has 2 N–H and O–H groups in total. The molecule has 0 saturated heterocycles. The molecule has 1 aromatic rings. The van der Waals surface area contributed by atoms with Gasteiger partial charge in [0.05, 0.1) is 10.1 Å². The number of rotatable bonds is 4. The molecule has 0 radical (unpaired) electrons. The molecular formula is C9H13N3O4S. The number of benzene rings is 1. The largest absolute Gasteiger partial charge is 0.696 e. The van der Waals surface area contributed by atoms with Gasteiger partial charge in [0.2, 0.25) is 0 Å². The highest BCUT2D eigenvalue weighted by Gasteiger charge is 2.09. The standard InChI is InChI=1S/C9H13N3O4S/c1-7(2)12(13)11-10-8-3-5-9(6-4-8)17(14,15)16/h3-7,10H,1-2H3,(H,14,15,16)/b12-11-. The SMILES string of the molecule is CC(C)/[N+]([O-])=N/Nc1ccc(S(=O)(=O)O)cc1. The second-order valence-electron chi connectivity index (χ2n) is 3.61. The number of nitrogens with one attached hydrogen (secondary N) is 1. The van der Waals surface area contributed by atoms with Crippen LogP contribution in [0.2, 0.25) is 0 Å². The van der Waals surface area contributed by atoms with Gasteiger partial charge in [0.1, 0.15) is 11.7 Å². The highest BCUT2D eigenvalue weighted by atomic mass is 32.2. The normalized spacial score (nSPS) is 12.8. The van der Waals surface area contributed by atoms with Gasteiger partial charge in [-0.3, -0.25) is 4.55 Å². The van der Waals surface area contributed by atoms with Crippen LogP contribution in [0.1, 0.15) is 13.8 Å². The quantitative estimate of drug-likeness (QED) is 0.370. The van der Waals surface area contributed by atoms with Gasteiger partial charge in [-0.1, -0.05) is 0 Å². The molecule has 0 fully saturated rings. The van der Waals surface area contributed by atoms with Gasteiger partial charge in [0, 0.05) is 0 Å². The molecule has 8 heteroatoms. The highest BCUT2D eigenvalue weighted by Crippen LogP contribution is 2.13. The minimum absolute atomic E-state index is 0.217. The van der Waals surface area contributed by atoms with Crippen LogP contribution in [-0.4, -0.2) is 23.9 Å². The molecular weight excluding hydrogens is 246 g/mol. The van der Waals surface area contributed by atoms with Gasteiger partial charge in [-0.2, -0.15) is 13.3 Å². The van der Waals surface area contributed by atoms with E-state index in [1.165, 1.54) is 24.3 Å². The summed E-state index contributed by atoms with van der Waals surface area (Å²) < 4.78 is 30.2. The zero-order valence-corrected chi connectivity index (χ0v) is 10.2. The Kier molecular flexibility index (Phi) is 4.02. The Morgan fingerprint density at radius 2 is 1.88 bits per heavy atom. The highest BCUT2D eigenvalue weighted by molar-refractivity contribution is 7.85. The van der Waals surface area contributed by atoms with Crippen LogP contribution in [0, 0.1) is 5.21 Å². The van der Waals surface area contributed by atoms with Crippen LogP contribution >= 0.6 is 0 Å². The lowest BCUT2D eigenvalue weighted by molar-refractivity contribution is -0.559. The molecule has 0 amide bonds. The van der Waals surface area contributed by atoms with E-state index in [-0.39, 0.29) is 10.9 Å². The summed E-state index contributed by atoms with van der Waals surface area (Å²) in [7, 11) is -4.19. The van der Waals surface area contributed by atoms with Gasteiger partial charge in [-0.15, -0.1) is 5.43 Å². The summed E-state index contributed by atoms with van der Waals surface area (Å²) in [5, 5.41) is 14.6. The minimum Gasteiger partial charge on any atom is -0.696 e. The molecule has 0 unspecified atom stereocenters. The first-order valence-corrected chi connectivity index (χ1v) is 6.25. The third kappa shape index (κ3) is 4.00. The van der Waals surface area contributed by atoms with E-state index in [2.05, 4.69) is 10.6 Å². The fourth-order valence-corrected chi connectivity index (χ4v) is 1.40. The van der Waals surface area contributed by atoms with Crippen molar-refractivity contribution in [3.05, 3.63) is 29.5 Å². The van der Waals surface area contributed by atoms with E-state index in [0.29, 0.717) is 10.5 Å². The van der Waals surface area contributed by atoms with Crippen LogP contribution < -0.4 is 5.43 Å². The third-order valence-corrected chi connectivity index (χ3v) is 2.74. The zero-order chi connectivity index (χ0) is 13.1. The maximum Gasteiger partial charge on any atom is 0.294 e. The van der Waals surface area contributed by atoms with Crippen LogP contribution in [0.3, 0.4) is 0 Å². The fraction of sp³-hybridized carbons (Fsp3) is 0.333. The molecule has 7 nitrogen and oxygen atoms in total. The van der Waals surface area contributed by atoms with Crippen molar-refractivity contribution in [1.82, 2.24) is 0 Å². The minimum atomic E-state index is -4.19. The van der Waals surface area contributed by atoms with E-state index < -0.39 is 10.1 Å². The Morgan fingerprint density at radius 1 is 1.35 bits per heavy atom. The number of hydrogen-bond donors (Lipinski definition) is 2. The molecule has 0 aliphatic carbocycles. The molecule has 0 bridgehead atoms. The average Bonchev–Trinajstić information content (AvgIpc) is 2.25. The fourth-order valence-electron chi connectivity index (χ4n) is 0.924. The Bertz CT molecular complexity index is 508.